The summed E-state index contributed by atoms with van der Waals surface area (Å²) in [7, 11) is 1.64. The minimum atomic E-state index is 0.0474. The molecule has 3 saturated carbocycles. The summed E-state index contributed by atoms with van der Waals surface area (Å²) in [6.07, 6.45) is 9.24. The van der Waals surface area contributed by atoms with Gasteiger partial charge < -0.3 is 4.90 Å². The normalized spacial score (nSPS) is 35.1. The molecule has 5 aliphatic rings. The second-order valence-corrected chi connectivity index (χ2v) is 13.5. The largest absolute Gasteiger partial charge is 0.353 e. The van der Waals surface area contributed by atoms with Crippen LogP contribution in [-0.2, 0) is 9.59 Å². The number of carbonyl (C=O) groups excluding carboxylic acids is 2. The van der Waals surface area contributed by atoms with E-state index < -0.39 is 0 Å². The first-order valence-electron chi connectivity index (χ1n) is 15.1. The van der Waals surface area contributed by atoms with Gasteiger partial charge in [0.25, 0.3) is 0 Å². The van der Waals surface area contributed by atoms with E-state index in [1.54, 1.807) is 18.6 Å². The minimum Gasteiger partial charge on any atom is -0.353 e. The molecule has 206 valence electrons. The van der Waals surface area contributed by atoms with Gasteiger partial charge in [-0.25, -0.2) is 0 Å². The molecule has 3 aliphatic carbocycles. The van der Waals surface area contributed by atoms with Crippen molar-refractivity contribution < 1.29 is 9.59 Å². The predicted octanol–water partition coefficient (Wildman–Crippen LogP) is 5.53. The van der Waals surface area contributed by atoms with Gasteiger partial charge in [0.2, 0.25) is 11.8 Å². The van der Waals surface area contributed by atoms with Crippen molar-refractivity contribution in [1.82, 2.24) is 14.2 Å². The van der Waals surface area contributed by atoms with Crippen LogP contribution >= 0.6 is 11.5 Å². The number of aromatic nitrogens is 1. The van der Waals surface area contributed by atoms with Crippen LogP contribution in [0.25, 0.3) is 10.1 Å². The molecule has 0 radical (unpaired) electrons. The first-order chi connectivity index (χ1) is 18.5. The van der Waals surface area contributed by atoms with Crippen molar-refractivity contribution in [2.45, 2.75) is 58.8 Å². The zero-order valence-corrected chi connectivity index (χ0v) is 24.2. The number of hydrogen-bond donors (Lipinski definition) is 0. The molecule has 7 atom stereocenters. The van der Waals surface area contributed by atoms with Gasteiger partial charge in [0.05, 0.1) is 16.5 Å². The highest BCUT2D eigenvalue weighted by Crippen LogP contribution is 2.59. The molecule has 0 spiro atoms. The van der Waals surface area contributed by atoms with Gasteiger partial charge in [-0.1, -0.05) is 51.7 Å². The SMILES string of the molecule is CC1CCCC[C@H]1CN1CCN(c2nsc3ccccc23)CC1.CCC1C[C@@H]2C[C@H]1[C@H]1C(=O)N(C)C(=O)[C@@H]21. The number of benzene rings is 1. The van der Waals surface area contributed by atoms with Crippen molar-refractivity contribution in [3.63, 3.8) is 0 Å². The molecular weight excluding hydrogens is 492 g/mol. The number of nitrogens with zero attached hydrogens (tertiary/aromatic N) is 4. The van der Waals surface area contributed by atoms with Crippen LogP contribution in [0.5, 0.6) is 0 Å². The lowest BCUT2D eigenvalue weighted by Crippen LogP contribution is -2.48. The second kappa shape index (κ2) is 10.9. The molecule has 7 rings (SSSR count). The Kier molecular flexibility index (Phi) is 7.51. The van der Waals surface area contributed by atoms with Gasteiger partial charge in [-0.3, -0.25) is 19.4 Å². The lowest BCUT2D eigenvalue weighted by molar-refractivity contribution is -0.139. The van der Waals surface area contributed by atoms with Crippen LogP contribution in [0.3, 0.4) is 0 Å². The van der Waals surface area contributed by atoms with Gasteiger partial charge in [-0.2, -0.15) is 4.37 Å². The number of hydrogen-bond acceptors (Lipinski definition) is 6. The van der Waals surface area contributed by atoms with Crippen molar-refractivity contribution in [2.75, 3.05) is 44.7 Å². The number of imide groups is 1. The summed E-state index contributed by atoms with van der Waals surface area (Å²) in [5.74, 6) is 5.04. The highest BCUT2D eigenvalue weighted by Gasteiger charge is 2.62. The van der Waals surface area contributed by atoms with Gasteiger partial charge in [-0.15, -0.1) is 0 Å². The smallest absolute Gasteiger partial charge is 0.233 e. The van der Waals surface area contributed by atoms with E-state index in [9.17, 15) is 9.59 Å². The summed E-state index contributed by atoms with van der Waals surface area (Å²) in [5, 5.41) is 1.33. The number of likely N-dealkylation sites (tertiary alicyclic amines) is 1. The van der Waals surface area contributed by atoms with E-state index in [-0.39, 0.29) is 23.7 Å². The van der Waals surface area contributed by atoms with Crippen LogP contribution in [-0.4, -0.2) is 65.8 Å². The van der Waals surface area contributed by atoms with Crippen LogP contribution in [0.4, 0.5) is 5.82 Å². The minimum absolute atomic E-state index is 0.0474. The molecule has 1 aromatic heterocycles. The molecule has 38 heavy (non-hydrogen) atoms. The molecule has 2 unspecified atom stereocenters. The molecule has 2 saturated heterocycles. The summed E-state index contributed by atoms with van der Waals surface area (Å²) in [6.45, 7) is 10.6. The molecule has 2 aliphatic heterocycles. The lowest BCUT2D eigenvalue weighted by atomic mass is 9.74. The van der Waals surface area contributed by atoms with E-state index in [0.29, 0.717) is 17.8 Å². The molecule has 6 nitrogen and oxygen atoms in total. The van der Waals surface area contributed by atoms with Crippen molar-refractivity contribution in [3.8, 4) is 0 Å². The highest BCUT2D eigenvalue weighted by atomic mass is 32.1. The van der Waals surface area contributed by atoms with E-state index >= 15 is 0 Å². The first-order valence-corrected chi connectivity index (χ1v) is 15.9. The fourth-order valence-corrected chi connectivity index (χ4v) is 9.25. The van der Waals surface area contributed by atoms with Crippen LogP contribution in [0, 0.1) is 41.4 Å². The van der Waals surface area contributed by atoms with Crippen molar-refractivity contribution in [1.29, 1.82) is 0 Å². The number of rotatable bonds is 4. The number of amides is 2. The Hall–Kier alpha value is -1.99. The number of piperazine rings is 1. The maximum atomic E-state index is 12.0. The van der Waals surface area contributed by atoms with Crippen LogP contribution in [0.1, 0.15) is 58.8 Å². The van der Waals surface area contributed by atoms with Crippen molar-refractivity contribution in [3.05, 3.63) is 24.3 Å². The molecule has 1 aromatic carbocycles. The molecule has 2 bridgehead atoms. The molecule has 3 heterocycles. The van der Waals surface area contributed by atoms with Gasteiger partial charge in [0, 0.05) is 45.2 Å². The monoisotopic (exact) mass is 536 g/mol. The van der Waals surface area contributed by atoms with Crippen LogP contribution < -0.4 is 4.90 Å². The first kappa shape index (κ1) is 26.2. The van der Waals surface area contributed by atoms with Crippen molar-refractivity contribution in [2.24, 2.45) is 41.4 Å². The standard InChI is InChI=1S/C19H27N3S.C12H17NO2/c1-15-6-2-3-7-16(15)14-21-10-12-22(13-11-21)19-17-8-4-5-9-18(17)23-20-19;1-3-6-4-7-5-8(6)10-9(7)11(14)13(2)12(10)15/h4-5,8-9,15-16H,2-3,6-7,10-14H2,1H3;6-10H,3-5H2,1-2H3/t15?,16-;6?,7-,8-,9+,10-/m01/s1. The Balaban J connectivity index is 0.000000152. The average molecular weight is 537 g/mol. The van der Waals surface area contributed by atoms with E-state index in [0.717, 1.165) is 37.8 Å². The third-order valence-corrected chi connectivity index (χ3v) is 11.5. The second-order valence-electron chi connectivity index (χ2n) is 12.7. The molecule has 2 aromatic rings. The lowest BCUT2D eigenvalue weighted by Gasteiger charge is -2.39. The van der Waals surface area contributed by atoms with Gasteiger partial charge in [0.15, 0.2) is 0 Å². The quantitative estimate of drug-likeness (QED) is 0.481. The average Bonchev–Trinajstić information content (AvgIpc) is 3.70. The number of anilines is 1. The molecule has 2 amide bonds. The third kappa shape index (κ3) is 4.68. The van der Waals surface area contributed by atoms with Gasteiger partial charge >= 0.3 is 0 Å². The number of fused-ring (bicyclic) bond motifs is 6. The van der Waals surface area contributed by atoms with Gasteiger partial charge in [0.1, 0.15) is 5.82 Å². The summed E-state index contributed by atoms with van der Waals surface area (Å²) in [6, 6.07) is 8.62. The van der Waals surface area contributed by atoms with E-state index in [4.69, 9.17) is 4.37 Å². The Bertz CT molecular complexity index is 1160. The van der Waals surface area contributed by atoms with E-state index in [1.165, 1.54) is 72.5 Å². The fraction of sp³-hybridized carbons (Fsp3) is 0.710. The molecular formula is C31H44N4O2S. The molecule has 7 heteroatoms. The third-order valence-electron chi connectivity index (χ3n) is 10.7. The Morgan fingerprint density at radius 2 is 1.68 bits per heavy atom. The summed E-state index contributed by atoms with van der Waals surface area (Å²) in [4.78, 5) is 30.4. The molecule has 0 N–H and O–H groups in total. The Labute approximate surface area is 231 Å². The van der Waals surface area contributed by atoms with E-state index in [2.05, 4.69) is 47.9 Å². The fourth-order valence-electron chi connectivity index (χ4n) is 8.45. The highest BCUT2D eigenvalue weighted by molar-refractivity contribution is 7.13. The maximum Gasteiger partial charge on any atom is 0.233 e. The predicted molar refractivity (Wildman–Crippen MR) is 154 cm³/mol. The summed E-state index contributed by atoms with van der Waals surface area (Å²) in [5.41, 5.74) is 0. The van der Waals surface area contributed by atoms with E-state index in [1.807, 2.05) is 0 Å². The topological polar surface area (TPSA) is 56.8 Å². The summed E-state index contributed by atoms with van der Waals surface area (Å²) >= 11 is 1.63. The maximum absolute atomic E-state index is 12.0. The zero-order chi connectivity index (χ0) is 26.4. The van der Waals surface area contributed by atoms with Crippen LogP contribution in [0.15, 0.2) is 24.3 Å². The molecule has 5 fully saturated rings. The van der Waals surface area contributed by atoms with Crippen LogP contribution in [0.2, 0.25) is 0 Å². The van der Waals surface area contributed by atoms with Crippen molar-refractivity contribution >= 4 is 39.3 Å². The van der Waals surface area contributed by atoms with Gasteiger partial charge in [-0.05, 0) is 72.5 Å². The number of carbonyl (C=O) groups is 2. The summed E-state index contributed by atoms with van der Waals surface area (Å²) < 4.78 is 6.03. The Morgan fingerprint density at radius 3 is 2.45 bits per heavy atom. The Morgan fingerprint density at radius 1 is 0.947 bits per heavy atom. The zero-order valence-electron chi connectivity index (χ0n) is 23.3.